The highest BCUT2D eigenvalue weighted by Gasteiger charge is 2.51. The minimum Gasteiger partial charge on any atom is -0.331 e. The molecule has 0 aromatic rings. The van der Waals surface area contributed by atoms with Crippen molar-refractivity contribution in [2.24, 2.45) is 23.2 Å². The van der Waals surface area contributed by atoms with Gasteiger partial charge in [-0.1, -0.05) is 6.58 Å². The minimum absolute atomic E-state index is 0.400. The van der Waals surface area contributed by atoms with Crippen molar-refractivity contribution in [3.05, 3.63) is 12.7 Å². The van der Waals surface area contributed by atoms with Gasteiger partial charge < -0.3 is 9.80 Å². The quantitative estimate of drug-likeness (QED) is 0.782. The molecule has 5 aliphatic rings. The number of hydrogen-bond donors (Lipinski definition) is 1. The van der Waals surface area contributed by atoms with Crippen LogP contribution in [0.5, 0.6) is 0 Å². The Bertz CT molecular complexity index is 415. The van der Waals surface area contributed by atoms with Gasteiger partial charge in [0.05, 0.1) is 32.7 Å². The number of carbonyl (C=O) groups excluding carboxylic acids is 1. The average molecular weight is 303 g/mol. The van der Waals surface area contributed by atoms with Crippen LogP contribution in [0.4, 0.5) is 0 Å². The molecule has 4 aliphatic carbocycles. The molecule has 1 amide bonds. The molecule has 0 aromatic carbocycles. The van der Waals surface area contributed by atoms with Crippen LogP contribution < -0.4 is 4.90 Å². The van der Waals surface area contributed by atoms with E-state index < -0.39 is 0 Å². The summed E-state index contributed by atoms with van der Waals surface area (Å²) in [5.41, 5.74) is 0.400. The van der Waals surface area contributed by atoms with Gasteiger partial charge in [0.1, 0.15) is 0 Å². The Morgan fingerprint density at radius 2 is 1.64 bits per heavy atom. The maximum atomic E-state index is 12.8. The molecule has 0 unspecified atom stereocenters. The molecule has 4 bridgehead atoms. The van der Waals surface area contributed by atoms with Crippen molar-refractivity contribution in [2.45, 2.75) is 44.9 Å². The molecule has 1 aliphatic heterocycles. The lowest BCUT2D eigenvalue weighted by Crippen LogP contribution is -3.14. The Morgan fingerprint density at radius 1 is 1.09 bits per heavy atom. The lowest BCUT2D eigenvalue weighted by atomic mass is 9.49. The van der Waals surface area contributed by atoms with Gasteiger partial charge in [-0.05, 0) is 67.8 Å². The molecule has 0 spiro atoms. The molecule has 1 saturated heterocycles. The number of rotatable bonds is 4. The van der Waals surface area contributed by atoms with Gasteiger partial charge in [0.2, 0.25) is 5.91 Å². The first kappa shape index (κ1) is 14.7. The first-order chi connectivity index (χ1) is 10.7. The Labute approximate surface area is 134 Å². The van der Waals surface area contributed by atoms with Gasteiger partial charge >= 0.3 is 0 Å². The summed E-state index contributed by atoms with van der Waals surface area (Å²) in [5, 5.41) is 0. The van der Waals surface area contributed by atoms with Gasteiger partial charge in [0.15, 0.2) is 0 Å². The predicted octanol–water partition coefficient (Wildman–Crippen LogP) is 1.51. The van der Waals surface area contributed by atoms with Crippen molar-refractivity contribution in [1.82, 2.24) is 4.90 Å². The molecule has 122 valence electrons. The van der Waals surface area contributed by atoms with E-state index in [0.29, 0.717) is 11.3 Å². The van der Waals surface area contributed by atoms with Crippen molar-refractivity contribution in [1.29, 1.82) is 0 Å². The predicted molar refractivity (Wildman–Crippen MR) is 87.6 cm³/mol. The SMILES string of the molecule is C=CC[NH+]1CCN(C(=O)CC23CC4CC(CC(C4)C2)C3)CC1. The Morgan fingerprint density at radius 3 is 2.14 bits per heavy atom. The van der Waals surface area contributed by atoms with Gasteiger partial charge in [0, 0.05) is 6.42 Å². The Kier molecular flexibility index (Phi) is 3.80. The number of piperazine rings is 1. The smallest absolute Gasteiger partial charge is 0.223 e. The Hall–Kier alpha value is -0.830. The monoisotopic (exact) mass is 303 g/mol. The summed E-state index contributed by atoms with van der Waals surface area (Å²) < 4.78 is 0. The molecule has 0 aromatic heterocycles. The fourth-order valence-electron chi connectivity index (χ4n) is 6.42. The van der Waals surface area contributed by atoms with Crippen LogP contribution in [0.2, 0.25) is 0 Å². The molecule has 3 heteroatoms. The highest BCUT2D eigenvalue weighted by Crippen LogP contribution is 2.61. The van der Waals surface area contributed by atoms with E-state index in [4.69, 9.17) is 0 Å². The molecular weight excluding hydrogens is 272 g/mol. The number of amides is 1. The molecule has 0 radical (unpaired) electrons. The summed E-state index contributed by atoms with van der Waals surface area (Å²) >= 11 is 0. The number of quaternary nitrogens is 1. The molecule has 5 rings (SSSR count). The molecule has 3 nitrogen and oxygen atoms in total. The Balaban J connectivity index is 1.35. The standard InChI is InChI=1S/C19H30N2O/c1-2-3-20-4-6-21(7-5-20)18(22)14-19-11-15-8-16(12-19)10-17(9-15)13-19/h2,15-17H,1,3-14H2/p+1. The van der Waals surface area contributed by atoms with E-state index >= 15 is 0 Å². The highest BCUT2D eigenvalue weighted by molar-refractivity contribution is 5.77. The van der Waals surface area contributed by atoms with Crippen LogP contribution in [-0.4, -0.2) is 43.5 Å². The summed E-state index contributed by atoms with van der Waals surface area (Å²) in [4.78, 5) is 16.6. The third kappa shape index (κ3) is 2.73. The second-order valence-corrected chi connectivity index (χ2v) is 8.72. The van der Waals surface area contributed by atoms with Crippen LogP contribution in [0, 0.1) is 23.2 Å². The fraction of sp³-hybridized carbons (Fsp3) is 0.842. The van der Waals surface area contributed by atoms with Gasteiger partial charge in [-0.2, -0.15) is 0 Å². The minimum atomic E-state index is 0.400. The third-order valence-electron chi connectivity index (χ3n) is 6.95. The van der Waals surface area contributed by atoms with Crippen molar-refractivity contribution < 1.29 is 9.69 Å². The molecule has 4 saturated carbocycles. The summed E-state index contributed by atoms with van der Waals surface area (Å²) in [6, 6.07) is 0. The van der Waals surface area contributed by atoms with E-state index in [-0.39, 0.29) is 0 Å². The third-order valence-corrected chi connectivity index (χ3v) is 6.95. The van der Waals surface area contributed by atoms with Gasteiger partial charge in [-0.3, -0.25) is 4.79 Å². The molecular formula is C19H31N2O+. The summed E-state index contributed by atoms with van der Waals surface area (Å²) in [5.74, 6) is 3.31. The summed E-state index contributed by atoms with van der Waals surface area (Å²) in [6.45, 7) is 8.97. The summed E-state index contributed by atoms with van der Waals surface area (Å²) in [7, 11) is 0. The van der Waals surface area contributed by atoms with E-state index in [1.807, 2.05) is 6.08 Å². The van der Waals surface area contributed by atoms with E-state index in [9.17, 15) is 4.79 Å². The molecule has 22 heavy (non-hydrogen) atoms. The zero-order valence-corrected chi connectivity index (χ0v) is 13.9. The lowest BCUT2D eigenvalue weighted by molar-refractivity contribution is -0.898. The van der Waals surface area contributed by atoms with Crippen LogP contribution >= 0.6 is 0 Å². The zero-order valence-electron chi connectivity index (χ0n) is 13.9. The van der Waals surface area contributed by atoms with E-state index in [0.717, 1.165) is 56.9 Å². The largest absolute Gasteiger partial charge is 0.331 e. The molecule has 5 fully saturated rings. The molecule has 1 heterocycles. The first-order valence-electron chi connectivity index (χ1n) is 9.38. The first-order valence-corrected chi connectivity index (χ1v) is 9.38. The van der Waals surface area contributed by atoms with Crippen molar-refractivity contribution in [3.8, 4) is 0 Å². The van der Waals surface area contributed by atoms with E-state index in [1.54, 1.807) is 4.90 Å². The average Bonchev–Trinajstić information content (AvgIpc) is 2.46. The van der Waals surface area contributed by atoms with Crippen LogP contribution in [0.1, 0.15) is 44.9 Å². The number of hydrogen-bond acceptors (Lipinski definition) is 1. The molecule has 0 atom stereocenters. The van der Waals surface area contributed by atoms with Gasteiger partial charge in [-0.25, -0.2) is 0 Å². The van der Waals surface area contributed by atoms with Crippen LogP contribution in [0.25, 0.3) is 0 Å². The second kappa shape index (κ2) is 5.67. The van der Waals surface area contributed by atoms with Gasteiger partial charge in [0.25, 0.3) is 0 Å². The highest BCUT2D eigenvalue weighted by atomic mass is 16.2. The van der Waals surface area contributed by atoms with Crippen molar-refractivity contribution >= 4 is 5.91 Å². The normalized spacial score (nSPS) is 40.9. The zero-order chi connectivity index (χ0) is 15.2. The summed E-state index contributed by atoms with van der Waals surface area (Å²) in [6.07, 6.45) is 11.3. The topological polar surface area (TPSA) is 24.8 Å². The van der Waals surface area contributed by atoms with Gasteiger partial charge in [-0.15, -0.1) is 0 Å². The van der Waals surface area contributed by atoms with Crippen molar-refractivity contribution in [3.63, 3.8) is 0 Å². The lowest BCUT2D eigenvalue weighted by Gasteiger charge is -2.57. The van der Waals surface area contributed by atoms with E-state index in [2.05, 4.69) is 11.5 Å². The maximum Gasteiger partial charge on any atom is 0.223 e. The van der Waals surface area contributed by atoms with Crippen LogP contribution in [-0.2, 0) is 4.79 Å². The van der Waals surface area contributed by atoms with Crippen LogP contribution in [0.3, 0.4) is 0 Å². The maximum absolute atomic E-state index is 12.8. The van der Waals surface area contributed by atoms with Crippen molar-refractivity contribution in [2.75, 3.05) is 32.7 Å². The second-order valence-electron chi connectivity index (χ2n) is 8.72. The number of nitrogens with zero attached hydrogens (tertiary/aromatic N) is 1. The van der Waals surface area contributed by atoms with Crippen LogP contribution in [0.15, 0.2) is 12.7 Å². The number of carbonyl (C=O) groups is 1. The van der Waals surface area contributed by atoms with E-state index in [1.165, 1.54) is 38.5 Å². The fourth-order valence-corrected chi connectivity index (χ4v) is 6.42. The number of nitrogens with one attached hydrogen (secondary N) is 1. The molecule has 1 N–H and O–H groups in total.